The molecule has 2 heterocycles. The predicted molar refractivity (Wildman–Crippen MR) is 109 cm³/mol. The standard InChI is InChI=1S/C21H16FN3O2S/c1-13-18-20(28-19(13)14-7-3-2-4-8-14)23-12-25(21(18)27)11-17(26)24-16-10-6-5-9-15(16)22/h2-10,12H,11H2,1H3,(H,24,26). The van der Waals surface area contributed by atoms with Gasteiger partial charge in [-0.25, -0.2) is 9.37 Å². The molecule has 4 rings (SSSR count). The number of aryl methyl sites for hydroxylation is 1. The highest BCUT2D eigenvalue weighted by Crippen LogP contribution is 2.35. The molecule has 0 aliphatic heterocycles. The molecule has 0 unspecified atom stereocenters. The Labute approximate surface area is 164 Å². The zero-order valence-electron chi connectivity index (χ0n) is 15.0. The zero-order valence-corrected chi connectivity index (χ0v) is 15.8. The topological polar surface area (TPSA) is 64.0 Å². The molecule has 0 spiro atoms. The molecular formula is C21H16FN3O2S. The van der Waals surface area contributed by atoms with Crippen molar-refractivity contribution in [3.05, 3.63) is 82.7 Å². The number of amides is 1. The first-order valence-corrected chi connectivity index (χ1v) is 9.44. The number of carbonyl (C=O) groups is 1. The Bertz CT molecular complexity index is 1230. The molecule has 0 fully saturated rings. The van der Waals surface area contributed by atoms with Crippen LogP contribution in [-0.2, 0) is 11.3 Å². The molecule has 0 radical (unpaired) electrons. The summed E-state index contributed by atoms with van der Waals surface area (Å²) in [4.78, 5) is 31.2. The number of aromatic nitrogens is 2. The zero-order chi connectivity index (χ0) is 19.7. The van der Waals surface area contributed by atoms with Crippen LogP contribution in [0.25, 0.3) is 20.7 Å². The third kappa shape index (κ3) is 3.32. The van der Waals surface area contributed by atoms with Crippen LogP contribution >= 0.6 is 11.3 Å². The van der Waals surface area contributed by atoms with Crippen LogP contribution in [0.2, 0.25) is 0 Å². The summed E-state index contributed by atoms with van der Waals surface area (Å²) in [6.45, 7) is 1.64. The van der Waals surface area contributed by atoms with Crippen molar-refractivity contribution in [2.24, 2.45) is 0 Å². The maximum atomic E-state index is 13.7. The third-order valence-electron chi connectivity index (χ3n) is 4.42. The molecule has 28 heavy (non-hydrogen) atoms. The van der Waals surface area contributed by atoms with Crippen LogP contribution in [0.3, 0.4) is 0 Å². The van der Waals surface area contributed by atoms with E-state index in [9.17, 15) is 14.0 Å². The number of hydrogen-bond donors (Lipinski definition) is 1. The van der Waals surface area contributed by atoms with Gasteiger partial charge >= 0.3 is 0 Å². The van der Waals surface area contributed by atoms with Gasteiger partial charge in [0.25, 0.3) is 5.56 Å². The lowest BCUT2D eigenvalue weighted by atomic mass is 10.1. The first-order chi connectivity index (χ1) is 13.5. The van der Waals surface area contributed by atoms with E-state index in [-0.39, 0.29) is 17.8 Å². The number of nitrogens with zero attached hydrogens (tertiary/aromatic N) is 2. The highest BCUT2D eigenvalue weighted by molar-refractivity contribution is 7.22. The fraction of sp³-hybridized carbons (Fsp3) is 0.0952. The SMILES string of the molecule is Cc1c(-c2ccccc2)sc2ncn(CC(=O)Nc3ccccc3F)c(=O)c12. The Morgan fingerprint density at radius 1 is 1.14 bits per heavy atom. The molecule has 2 aromatic heterocycles. The maximum absolute atomic E-state index is 13.7. The molecule has 0 saturated heterocycles. The largest absolute Gasteiger partial charge is 0.322 e. The molecule has 0 atom stereocenters. The second-order valence-corrected chi connectivity index (χ2v) is 7.31. The second kappa shape index (κ2) is 7.36. The van der Waals surface area contributed by atoms with Crippen molar-refractivity contribution in [3.8, 4) is 10.4 Å². The number of anilines is 1. The van der Waals surface area contributed by atoms with E-state index in [1.807, 2.05) is 37.3 Å². The molecule has 0 saturated carbocycles. The summed E-state index contributed by atoms with van der Waals surface area (Å²) < 4.78 is 14.9. The summed E-state index contributed by atoms with van der Waals surface area (Å²) in [5, 5.41) is 2.99. The third-order valence-corrected chi connectivity index (χ3v) is 5.66. The van der Waals surface area contributed by atoms with E-state index in [1.165, 1.54) is 40.4 Å². The van der Waals surface area contributed by atoms with Gasteiger partial charge in [0.2, 0.25) is 5.91 Å². The lowest BCUT2D eigenvalue weighted by molar-refractivity contribution is -0.116. The van der Waals surface area contributed by atoms with E-state index in [4.69, 9.17) is 0 Å². The van der Waals surface area contributed by atoms with Crippen molar-refractivity contribution in [2.75, 3.05) is 5.32 Å². The van der Waals surface area contributed by atoms with Gasteiger partial charge in [-0.3, -0.25) is 14.2 Å². The van der Waals surface area contributed by atoms with Crippen molar-refractivity contribution >= 4 is 33.1 Å². The minimum atomic E-state index is -0.530. The number of hydrogen-bond acceptors (Lipinski definition) is 4. The second-order valence-electron chi connectivity index (χ2n) is 6.31. The summed E-state index contributed by atoms with van der Waals surface area (Å²) in [5.41, 5.74) is 1.65. The van der Waals surface area contributed by atoms with Crippen LogP contribution in [-0.4, -0.2) is 15.5 Å². The van der Waals surface area contributed by atoms with Crippen molar-refractivity contribution < 1.29 is 9.18 Å². The van der Waals surface area contributed by atoms with Crippen molar-refractivity contribution in [1.29, 1.82) is 0 Å². The molecule has 0 bridgehead atoms. The van der Waals surface area contributed by atoms with Gasteiger partial charge in [0.1, 0.15) is 17.2 Å². The summed E-state index contributed by atoms with van der Waals surface area (Å²) >= 11 is 1.45. The minimum absolute atomic E-state index is 0.0765. The van der Waals surface area contributed by atoms with Gasteiger partial charge in [0, 0.05) is 4.88 Å². The quantitative estimate of drug-likeness (QED) is 0.565. The number of carbonyl (C=O) groups excluding carboxylic acids is 1. The number of halogens is 1. The average Bonchev–Trinajstić information content (AvgIpc) is 3.04. The molecule has 7 heteroatoms. The number of fused-ring (bicyclic) bond motifs is 1. The van der Waals surface area contributed by atoms with E-state index in [1.54, 1.807) is 6.07 Å². The number of benzene rings is 2. The van der Waals surface area contributed by atoms with Gasteiger partial charge in [-0.1, -0.05) is 42.5 Å². The molecule has 1 amide bonds. The maximum Gasteiger partial charge on any atom is 0.262 e. The summed E-state index contributed by atoms with van der Waals surface area (Å²) in [6.07, 6.45) is 1.36. The van der Waals surface area contributed by atoms with E-state index in [2.05, 4.69) is 10.3 Å². The fourth-order valence-electron chi connectivity index (χ4n) is 3.04. The number of thiophene rings is 1. The highest BCUT2D eigenvalue weighted by Gasteiger charge is 2.17. The molecular weight excluding hydrogens is 377 g/mol. The van der Waals surface area contributed by atoms with Gasteiger partial charge in [-0.05, 0) is 30.2 Å². The molecule has 1 N–H and O–H groups in total. The molecule has 5 nitrogen and oxygen atoms in total. The van der Waals surface area contributed by atoms with Gasteiger partial charge in [0.05, 0.1) is 17.4 Å². The Hall–Kier alpha value is -3.32. The van der Waals surface area contributed by atoms with Gasteiger partial charge in [-0.2, -0.15) is 0 Å². The van der Waals surface area contributed by atoms with Crippen molar-refractivity contribution in [2.45, 2.75) is 13.5 Å². The predicted octanol–water partition coefficient (Wildman–Crippen LogP) is 4.21. The monoisotopic (exact) mass is 393 g/mol. The Morgan fingerprint density at radius 2 is 1.86 bits per heavy atom. The van der Waals surface area contributed by atoms with Crippen LogP contribution in [0.5, 0.6) is 0 Å². The van der Waals surface area contributed by atoms with Crippen LogP contribution in [0.1, 0.15) is 5.56 Å². The van der Waals surface area contributed by atoms with Crippen molar-refractivity contribution in [3.63, 3.8) is 0 Å². The fourth-order valence-corrected chi connectivity index (χ4v) is 4.19. The Morgan fingerprint density at radius 3 is 2.61 bits per heavy atom. The first-order valence-electron chi connectivity index (χ1n) is 8.63. The lowest BCUT2D eigenvalue weighted by Gasteiger charge is -2.08. The molecule has 0 aliphatic carbocycles. The number of para-hydroxylation sites is 1. The molecule has 140 valence electrons. The Kier molecular flexibility index (Phi) is 4.75. The van der Waals surface area contributed by atoms with E-state index < -0.39 is 11.7 Å². The van der Waals surface area contributed by atoms with Crippen LogP contribution < -0.4 is 10.9 Å². The molecule has 0 aliphatic rings. The van der Waals surface area contributed by atoms with Gasteiger partial charge in [0.15, 0.2) is 0 Å². The van der Waals surface area contributed by atoms with E-state index in [0.29, 0.717) is 10.2 Å². The highest BCUT2D eigenvalue weighted by atomic mass is 32.1. The summed E-state index contributed by atoms with van der Waals surface area (Å²) in [7, 11) is 0. The minimum Gasteiger partial charge on any atom is -0.322 e. The van der Waals surface area contributed by atoms with Gasteiger partial charge < -0.3 is 5.32 Å². The number of rotatable bonds is 4. The molecule has 2 aromatic carbocycles. The number of nitrogens with one attached hydrogen (secondary N) is 1. The molecule has 4 aromatic rings. The first kappa shape index (κ1) is 18.1. The van der Waals surface area contributed by atoms with Crippen LogP contribution in [0.4, 0.5) is 10.1 Å². The van der Waals surface area contributed by atoms with Gasteiger partial charge in [-0.15, -0.1) is 11.3 Å². The average molecular weight is 393 g/mol. The Balaban J connectivity index is 1.67. The summed E-state index contributed by atoms with van der Waals surface area (Å²) in [5.74, 6) is -1.03. The summed E-state index contributed by atoms with van der Waals surface area (Å²) in [6, 6.07) is 15.7. The van der Waals surface area contributed by atoms with E-state index >= 15 is 0 Å². The van der Waals surface area contributed by atoms with Crippen molar-refractivity contribution in [1.82, 2.24) is 9.55 Å². The van der Waals surface area contributed by atoms with Crippen LogP contribution in [0, 0.1) is 12.7 Å². The van der Waals surface area contributed by atoms with Crippen LogP contribution in [0.15, 0.2) is 65.7 Å². The lowest BCUT2D eigenvalue weighted by Crippen LogP contribution is -2.28. The normalized spacial score (nSPS) is 10.9. The smallest absolute Gasteiger partial charge is 0.262 e. The van der Waals surface area contributed by atoms with E-state index in [0.717, 1.165) is 16.0 Å².